The fourth-order valence-electron chi connectivity index (χ4n) is 5.77. The Morgan fingerprint density at radius 2 is 2.11 bits per heavy atom. The van der Waals surface area contributed by atoms with Crippen LogP contribution in [0.1, 0.15) is 50.0 Å². The van der Waals surface area contributed by atoms with Crippen LogP contribution >= 0.6 is 0 Å². The average Bonchev–Trinajstić information content (AvgIpc) is 3.56. The summed E-state index contributed by atoms with van der Waals surface area (Å²) in [5, 5.41) is 13.4. The van der Waals surface area contributed by atoms with Crippen LogP contribution in [0.3, 0.4) is 0 Å². The van der Waals surface area contributed by atoms with Gasteiger partial charge in [-0.1, -0.05) is 13.0 Å². The van der Waals surface area contributed by atoms with Gasteiger partial charge in [-0.25, -0.2) is 14.5 Å². The number of hydrogen-bond donors (Lipinski definition) is 0. The summed E-state index contributed by atoms with van der Waals surface area (Å²) in [5.74, 6) is 2.00. The molecule has 2 bridgehead atoms. The van der Waals surface area contributed by atoms with Crippen LogP contribution in [0.25, 0.3) is 5.65 Å². The fourth-order valence-corrected chi connectivity index (χ4v) is 5.77. The first-order chi connectivity index (χ1) is 17.1. The van der Waals surface area contributed by atoms with Crippen molar-refractivity contribution in [1.82, 2.24) is 24.5 Å². The van der Waals surface area contributed by atoms with Gasteiger partial charge in [-0.3, -0.25) is 4.79 Å². The number of hydrogen-bond acceptors (Lipinski definition) is 7. The van der Waals surface area contributed by atoms with E-state index in [-0.39, 0.29) is 24.1 Å². The molecule has 4 atom stereocenters. The second-order valence-corrected chi connectivity index (χ2v) is 10.0. The second kappa shape index (κ2) is 8.93. The van der Waals surface area contributed by atoms with Gasteiger partial charge in [0.2, 0.25) is 5.91 Å². The molecule has 0 radical (unpaired) electrons. The Morgan fingerprint density at radius 3 is 2.86 bits per heavy atom. The van der Waals surface area contributed by atoms with Crippen molar-refractivity contribution in [2.75, 3.05) is 24.6 Å². The van der Waals surface area contributed by atoms with E-state index in [9.17, 15) is 4.79 Å². The minimum absolute atomic E-state index is 0.0660. The Kier molecular flexibility index (Phi) is 5.61. The lowest BCUT2D eigenvalue weighted by Crippen LogP contribution is -2.56. The van der Waals surface area contributed by atoms with E-state index in [0.29, 0.717) is 43.5 Å². The summed E-state index contributed by atoms with van der Waals surface area (Å²) < 4.78 is 8.16. The second-order valence-electron chi connectivity index (χ2n) is 10.0. The number of pyridine rings is 2. The molecule has 6 rings (SSSR count). The summed E-state index contributed by atoms with van der Waals surface area (Å²) in [7, 11) is 0. The first kappa shape index (κ1) is 22.0. The van der Waals surface area contributed by atoms with Gasteiger partial charge in [0.1, 0.15) is 24.3 Å². The Balaban J connectivity index is 1.09. The summed E-state index contributed by atoms with van der Waals surface area (Å²) in [6.45, 7) is 4.05. The summed E-state index contributed by atoms with van der Waals surface area (Å²) in [4.78, 5) is 26.3. The van der Waals surface area contributed by atoms with E-state index in [0.717, 1.165) is 36.4 Å². The van der Waals surface area contributed by atoms with E-state index in [1.165, 1.54) is 0 Å². The molecule has 0 spiro atoms. The van der Waals surface area contributed by atoms with Gasteiger partial charge < -0.3 is 14.5 Å². The third kappa shape index (κ3) is 4.12. The third-order valence-electron chi connectivity index (χ3n) is 7.67. The van der Waals surface area contributed by atoms with Gasteiger partial charge in [-0.2, -0.15) is 10.4 Å². The van der Waals surface area contributed by atoms with Crippen LogP contribution in [-0.4, -0.2) is 62.2 Å². The Bertz CT molecular complexity index is 1260. The molecule has 180 valence electrons. The van der Waals surface area contributed by atoms with Crippen LogP contribution < -0.4 is 4.90 Å². The van der Waals surface area contributed by atoms with Gasteiger partial charge in [-0.15, -0.1) is 0 Å². The van der Waals surface area contributed by atoms with Gasteiger partial charge in [0, 0.05) is 25.3 Å². The molecule has 2 saturated heterocycles. The number of amides is 1. The first-order valence-electron chi connectivity index (χ1n) is 12.4. The molecule has 35 heavy (non-hydrogen) atoms. The number of fused-ring (bicyclic) bond motifs is 3. The van der Waals surface area contributed by atoms with Crippen molar-refractivity contribution in [1.29, 1.82) is 5.26 Å². The quantitative estimate of drug-likeness (QED) is 0.522. The van der Waals surface area contributed by atoms with Crippen molar-refractivity contribution in [3.05, 3.63) is 54.1 Å². The Labute approximate surface area is 204 Å². The molecule has 9 nitrogen and oxygen atoms in total. The lowest BCUT2D eigenvalue weighted by atomic mass is 10.0. The number of nitrogens with zero attached hydrogens (tertiary/aromatic N) is 7. The van der Waals surface area contributed by atoms with Crippen LogP contribution in [0.4, 0.5) is 5.82 Å². The maximum atomic E-state index is 13.2. The zero-order valence-electron chi connectivity index (χ0n) is 19.8. The van der Waals surface area contributed by atoms with Crippen LogP contribution in [0.2, 0.25) is 0 Å². The van der Waals surface area contributed by atoms with Crippen LogP contribution in [0.5, 0.6) is 0 Å². The predicted molar refractivity (Wildman–Crippen MR) is 128 cm³/mol. The number of ether oxygens (including phenoxy) is 1. The number of anilines is 1. The molecule has 3 aromatic rings. The lowest BCUT2D eigenvalue weighted by molar-refractivity contribution is -0.134. The molecule has 3 fully saturated rings. The molecule has 2 aliphatic heterocycles. The molecule has 1 amide bonds. The van der Waals surface area contributed by atoms with Crippen LogP contribution in [-0.2, 0) is 9.53 Å². The van der Waals surface area contributed by atoms with Crippen molar-refractivity contribution >= 4 is 17.4 Å². The molecule has 1 saturated carbocycles. The van der Waals surface area contributed by atoms with Gasteiger partial charge >= 0.3 is 0 Å². The fraction of sp³-hybridized carbons (Fsp3) is 0.500. The molecule has 1 aliphatic carbocycles. The number of piperazine rings is 1. The molecule has 9 heteroatoms. The third-order valence-corrected chi connectivity index (χ3v) is 7.67. The minimum Gasteiger partial charge on any atom is -0.371 e. The highest BCUT2D eigenvalue weighted by Crippen LogP contribution is 2.43. The summed E-state index contributed by atoms with van der Waals surface area (Å²) in [5.41, 5.74) is 2.38. The van der Waals surface area contributed by atoms with Crippen molar-refractivity contribution in [3.8, 4) is 6.07 Å². The van der Waals surface area contributed by atoms with E-state index in [1.807, 2.05) is 39.7 Å². The number of rotatable bonds is 7. The highest BCUT2D eigenvalue weighted by molar-refractivity contribution is 5.77. The van der Waals surface area contributed by atoms with E-state index >= 15 is 0 Å². The lowest BCUT2D eigenvalue weighted by Gasteiger charge is -2.42. The highest BCUT2D eigenvalue weighted by atomic mass is 16.5. The largest absolute Gasteiger partial charge is 0.371 e. The Morgan fingerprint density at radius 1 is 1.23 bits per heavy atom. The summed E-state index contributed by atoms with van der Waals surface area (Å²) in [6.07, 6.45) is 6.81. The number of nitriles is 1. The van der Waals surface area contributed by atoms with E-state index < -0.39 is 0 Å². The van der Waals surface area contributed by atoms with Crippen molar-refractivity contribution < 1.29 is 9.53 Å². The first-order valence-corrected chi connectivity index (χ1v) is 12.4. The van der Waals surface area contributed by atoms with Gasteiger partial charge in [-0.05, 0) is 55.4 Å². The Hall–Kier alpha value is -3.51. The number of likely N-dealkylation sites (tertiary alicyclic amines) is 1. The average molecular weight is 472 g/mol. The standard InChI is InChI=1S/C26H29N7O2/c1-17-11-20-14-31(15-22(17)32(20)23-8-5-18(12-27)13-28-23)25(34)9-10-35-26(19-6-7-19)21-3-2-4-24-29-16-30-33(21)24/h2-5,8,13,16-17,19-20,22,26H,6-7,9-11,14-15H2,1H3. The van der Waals surface area contributed by atoms with Crippen molar-refractivity contribution in [2.45, 2.75) is 50.8 Å². The molecular formula is C26H29N7O2. The van der Waals surface area contributed by atoms with Gasteiger partial charge in [0.25, 0.3) is 0 Å². The van der Waals surface area contributed by atoms with E-state index in [2.05, 4.69) is 33.0 Å². The van der Waals surface area contributed by atoms with Gasteiger partial charge in [0.15, 0.2) is 5.65 Å². The SMILES string of the molecule is CC1CC2CN(C(=O)CCOC(c3cccc4ncnn34)C3CC3)CC1N2c1ccc(C#N)cn1. The zero-order valence-corrected chi connectivity index (χ0v) is 19.8. The predicted octanol–water partition coefficient (Wildman–Crippen LogP) is 2.98. The summed E-state index contributed by atoms with van der Waals surface area (Å²) in [6, 6.07) is 12.3. The molecular weight excluding hydrogens is 442 g/mol. The van der Waals surface area contributed by atoms with Gasteiger partial charge in [0.05, 0.1) is 30.3 Å². The molecule has 3 aliphatic rings. The van der Waals surface area contributed by atoms with Crippen LogP contribution in [0, 0.1) is 23.2 Å². The summed E-state index contributed by atoms with van der Waals surface area (Å²) >= 11 is 0. The normalized spacial score (nSPS) is 24.5. The number of aromatic nitrogens is 4. The van der Waals surface area contributed by atoms with E-state index in [1.54, 1.807) is 12.5 Å². The number of carbonyl (C=O) groups is 1. The molecule has 0 aromatic carbocycles. The maximum absolute atomic E-state index is 13.2. The van der Waals surface area contributed by atoms with Crippen molar-refractivity contribution in [3.63, 3.8) is 0 Å². The maximum Gasteiger partial charge on any atom is 0.225 e. The highest BCUT2D eigenvalue weighted by Gasteiger charge is 2.46. The molecule has 3 aromatic heterocycles. The van der Waals surface area contributed by atoms with Crippen molar-refractivity contribution in [2.24, 2.45) is 11.8 Å². The molecule has 5 heterocycles. The monoisotopic (exact) mass is 471 g/mol. The van der Waals surface area contributed by atoms with Crippen LogP contribution in [0.15, 0.2) is 42.9 Å². The minimum atomic E-state index is -0.0660. The topological polar surface area (TPSA) is 99.7 Å². The van der Waals surface area contributed by atoms with E-state index in [4.69, 9.17) is 10.00 Å². The molecule has 4 unspecified atom stereocenters. The molecule has 0 N–H and O–H groups in total. The smallest absolute Gasteiger partial charge is 0.225 e. The number of carbonyl (C=O) groups excluding carboxylic acids is 1. The zero-order chi connectivity index (χ0) is 23.9.